The number of unbranched alkanes of at least 4 members (excludes halogenated alkanes) is 46. The minimum absolute atomic E-state index is 0.0157. The molecule has 73 heavy (non-hydrogen) atoms. The van der Waals surface area contributed by atoms with E-state index >= 15 is 0 Å². The van der Waals surface area contributed by atoms with E-state index in [-0.39, 0.29) is 19.1 Å². The zero-order valence-corrected chi connectivity index (χ0v) is 50.8. The number of carbonyl (C=O) groups excluding carboxylic acids is 1. The van der Waals surface area contributed by atoms with Crippen LogP contribution in [0.3, 0.4) is 0 Å². The van der Waals surface area contributed by atoms with Gasteiger partial charge in [-0.2, -0.15) is 0 Å². The second-order valence-electron chi connectivity index (χ2n) is 23.8. The zero-order valence-electron chi connectivity index (χ0n) is 49.9. The third-order valence-electron chi connectivity index (χ3n) is 15.3. The Morgan fingerprint density at radius 2 is 0.753 bits per heavy atom. The second-order valence-corrected chi connectivity index (χ2v) is 25.2. The fourth-order valence-corrected chi connectivity index (χ4v) is 10.9. The lowest BCUT2D eigenvalue weighted by molar-refractivity contribution is -0.870. The van der Waals surface area contributed by atoms with E-state index in [0.717, 1.165) is 38.5 Å². The Hall–Kier alpha value is -0.760. The lowest BCUT2D eigenvalue weighted by Gasteiger charge is -2.30. The number of quaternary nitrogens is 1. The quantitative estimate of drug-likeness (QED) is 0.0272. The van der Waals surface area contributed by atoms with Crippen molar-refractivity contribution in [2.24, 2.45) is 0 Å². The van der Waals surface area contributed by atoms with Crippen LogP contribution in [0.5, 0.6) is 0 Å². The fourth-order valence-electron chi connectivity index (χ4n) is 10.2. The number of nitrogens with one attached hydrogen (secondary N) is 1. The minimum Gasteiger partial charge on any atom is -0.756 e. The van der Waals surface area contributed by atoms with Crippen molar-refractivity contribution in [3.05, 3.63) is 12.2 Å². The summed E-state index contributed by atoms with van der Waals surface area (Å²) in [6, 6.07) is -0.795. The number of hydrogen-bond donors (Lipinski definition) is 2. The van der Waals surface area contributed by atoms with Gasteiger partial charge in [-0.15, -0.1) is 0 Å². The monoisotopic (exact) mass is 1050 g/mol. The Balaban J connectivity index is 3.79. The Morgan fingerprint density at radius 3 is 1.07 bits per heavy atom. The highest BCUT2D eigenvalue weighted by Gasteiger charge is 2.24. The average molecular weight is 1050 g/mol. The number of aliphatic hydroxyl groups excluding tert-OH is 1. The summed E-state index contributed by atoms with van der Waals surface area (Å²) in [5, 5.41) is 14.0. The third-order valence-corrected chi connectivity index (χ3v) is 16.2. The standard InChI is InChI=1S/C64H129N2O6P/c1-6-8-10-12-14-16-18-20-21-22-23-24-25-26-27-28-29-30-31-32-33-34-35-36-37-38-39-40-41-42-43-44-45-46-48-50-52-54-56-58-64(68)65-62(61-72-73(69,70)71-60-59-66(3,4)5)63(67)57-55-53-51-49-47-19-17-15-13-11-9-7-2/h22-23,62-63,67H,6-21,24-61H2,1-5H3,(H-,65,68,69,70)/b23-22-. The molecule has 2 N–H and O–H groups in total. The molecule has 0 bridgehead atoms. The largest absolute Gasteiger partial charge is 0.756 e. The summed E-state index contributed by atoms with van der Waals surface area (Å²) < 4.78 is 23.4. The van der Waals surface area contributed by atoms with Crippen LogP contribution in [0.1, 0.15) is 341 Å². The third kappa shape index (κ3) is 58.8. The number of nitrogens with zero attached hydrogens (tertiary/aromatic N) is 1. The lowest BCUT2D eigenvalue weighted by atomic mass is 10.0. The SMILES string of the molecule is CCCCCCCCCC/C=C\CCCCCCCCCCCCCCCCCCCCCCCCCCCCCC(=O)NC(COP(=O)([O-])OCC[N+](C)(C)C)C(O)CCCCCCCCCCCCCC. The van der Waals surface area contributed by atoms with E-state index in [2.05, 4.69) is 31.3 Å². The smallest absolute Gasteiger partial charge is 0.268 e. The van der Waals surface area contributed by atoms with E-state index in [0.29, 0.717) is 23.9 Å². The van der Waals surface area contributed by atoms with E-state index in [1.54, 1.807) is 0 Å². The molecule has 0 rings (SSSR count). The van der Waals surface area contributed by atoms with Gasteiger partial charge in [0.2, 0.25) is 5.91 Å². The van der Waals surface area contributed by atoms with E-state index in [4.69, 9.17) is 9.05 Å². The molecule has 8 nitrogen and oxygen atoms in total. The summed E-state index contributed by atoms with van der Waals surface area (Å²) in [6.45, 7) is 4.76. The summed E-state index contributed by atoms with van der Waals surface area (Å²) >= 11 is 0. The predicted molar refractivity (Wildman–Crippen MR) is 316 cm³/mol. The van der Waals surface area contributed by atoms with Gasteiger partial charge in [-0.1, -0.05) is 309 Å². The summed E-state index contributed by atoms with van der Waals surface area (Å²) in [7, 11) is 1.32. The van der Waals surface area contributed by atoms with Gasteiger partial charge in [-0.3, -0.25) is 9.36 Å². The average Bonchev–Trinajstić information content (AvgIpc) is 3.35. The van der Waals surface area contributed by atoms with Crippen LogP contribution in [-0.2, 0) is 18.4 Å². The van der Waals surface area contributed by atoms with Crippen LogP contribution in [-0.4, -0.2) is 68.5 Å². The van der Waals surface area contributed by atoms with Crippen LogP contribution in [0.2, 0.25) is 0 Å². The van der Waals surface area contributed by atoms with Gasteiger partial charge in [0.25, 0.3) is 7.82 Å². The van der Waals surface area contributed by atoms with Crippen molar-refractivity contribution in [1.82, 2.24) is 5.32 Å². The summed E-state index contributed by atoms with van der Waals surface area (Å²) in [4.78, 5) is 25.5. The molecule has 0 heterocycles. The molecular weight excluding hydrogens is 924 g/mol. The number of likely N-dealkylation sites (N-methyl/N-ethyl adjacent to an activating group) is 1. The number of allylic oxidation sites excluding steroid dienone is 2. The first-order valence-corrected chi connectivity index (χ1v) is 34.0. The minimum atomic E-state index is -4.57. The molecule has 0 saturated heterocycles. The number of amides is 1. The Morgan fingerprint density at radius 1 is 0.466 bits per heavy atom. The predicted octanol–water partition coefficient (Wildman–Crippen LogP) is 19.5. The van der Waals surface area contributed by atoms with Crippen LogP contribution in [0, 0.1) is 0 Å². The maximum absolute atomic E-state index is 13.0. The van der Waals surface area contributed by atoms with Crippen LogP contribution in [0.25, 0.3) is 0 Å². The van der Waals surface area contributed by atoms with Gasteiger partial charge in [0.05, 0.1) is 39.9 Å². The molecule has 0 fully saturated rings. The molecule has 9 heteroatoms. The molecule has 0 aliphatic carbocycles. The second kappa shape index (κ2) is 56.0. The van der Waals surface area contributed by atoms with Crippen LogP contribution < -0.4 is 10.2 Å². The molecule has 0 aliphatic rings. The van der Waals surface area contributed by atoms with Crippen molar-refractivity contribution >= 4 is 13.7 Å². The first-order valence-electron chi connectivity index (χ1n) is 32.5. The number of rotatable bonds is 61. The Bertz CT molecular complexity index is 1200. The number of carbonyl (C=O) groups is 1. The van der Waals surface area contributed by atoms with Crippen molar-refractivity contribution in [3.8, 4) is 0 Å². The van der Waals surface area contributed by atoms with Gasteiger partial charge in [-0.25, -0.2) is 0 Å². The molecule has 0 saturated carbocycles. The highest BCUT2D eigenvalue weighted by molar-refractivity contribution is 7.45. The number of phosphoric acid groups is 1. The van der Waals surface area contributed by atoms with Gasteiger partial charge < -0.3 is 28.8 Å². The van der Waals surface area contributed by atoms with Crippen LogP contribution >= 0.6 is 7.82 Å². The van der Waals surface area contributed by atoms with Gasteiger partial charge in [-0.05, 0) is 38.5 Å². The first kappa shape index (κ1) is 72.2. The summed E-state index contributed by atoms with van der Waals surface area (Å²) in [5.74, 6) is -0.158. The zero-order chi connectivity index (χ0) is 53.5. The molecule has 0 aliphatic heterocycles. The molecule has 1 amide bonds. The molecule has 0 aromatic heterocycles. The summed E-state index contributed by atoms with van der Waals surface area (Å²) in [6.07, 6.45) is 70.1. The normalized spacial score (nSPS) is 13.8. The van der Waals surface area contributed by atoms with Gasteiger partial charge in [0.15, 0.2) is 0 Å². The van der Waals surface area contributed by atoms with E-state index < -0.39 is 20.0 Å². The van der Waals surface area contributed by atoms with Crippen molar-refractivity contribution < 1.29 is 32.9 Å². The molecule has 3 atom stereocenters. The Labute approximate surface area is 456 Å². The maximum Gasteiger partial charge on any atom is 0.268 e. The molecule has 3 unspecified atom stereocenters. The molecule has 0 radical (unpaired) electrons. The van der Waals surface area contributed by atoms with Crippen molar-refractivity contribution in [2.75, 3.05) is 40.9 Å². The number of aliphatic hydroxyl groups is 1. The first-order chi connectivity index (χ1) is 35.5. The molecule has 0 aromatic rings. The maximum atomic E-state index is 13.0. The fraction of sp³-hybridized carbons (Fsp3) is 0.953. The van der Waals surface area contributed by atoms with E-state index in [9.17, 15) is 19.4 Å². The topological polar surface area (TPSA) is 108 Å². The van der Waals surface area contributed by atoms with Crippen molar-refractivity contribution in [1.29, 1.82) is 0 Å². The molecule has 0 aromatic carbocycles. The Kier molecular flexibility index (Phi) is 55.4. The van der Waals surface area contributed by atoms with Crippen LogP contribution in [0.4, 0.5) is 0 Å². The number of phosphoric ester groups is 1. The van der Waals surface area contributed by atoms with Crippen LogP contribution in [0.15, 0.2) is 12.2 Å². The highest BCUT2D eigenvalue weighted by Crippen LogP contribution is 2.38. The number of hydrogen-bond acceptors (Lipinski definition) is 6. The van der Waals surface area contributed by atoms with Crippen molar-refractivity contribution in [2.45, 2.75) is 353 Å². The van der Waals surface area contributed by atoms with E-state index in [1.807, 2.05) is 21.1 Å². The van der Waals surface area contributed by atoms with Gasteiger partial charge in [0.1, 0.15) is 13.2 Å². The van der Waals surface area contributed by atoms with E-state index in [1.165, 1.54) is 276 Å². The lowest BCUT2D eigenvalue weighted by Crippen LogP contribution is -2.46. The highest BCUT2D eigenvalue weighted by atomic mass is 31.2. The summed E-state index contributed by atoms with van der Waals surface area (Å²) in [5.41, 5.74) is 0. The molecular formula is C64H129N2O6P. The van der Waals surface area contributed by atoms with Gasteiger partial charge >= 0.3 is 0 Å². The molecule has 436 valence electrons. The molecule has 0 spiro atoms. The van der Waals surface area contributed by atoms with Gasteiger partial charge in [0, 0.05) is 6.42 Å². The van der Waals surface area contributed by atoms with Crippen molar-refractivity contribution in [3.63, 3.8) is 0 Å².